The number of allylic oxidation sites excluding steroid dienone is 2. The second-order valence-corrected chi connectivity index (χ2v) is 8.60. The molecule has 1 rings (SSSR count). The maximum Gasteiger partial charge on any atom is -0.0405 e. The molecule has 0 saturated carbocycles. The van der Waals surface area contributed by atoms with Crippen molar-refractivity contribution >= 4 is 21.8 Å². The summed E-state index contributed by atoms with van der Waals surface area (Å²) in [5.41, 5.74) is 0. The van der Waals surface area contributed by atoms with Gasteiger partial charge < -0.3 is 0 Å². The summed E-state index contributed by atoms with van der Waals surface area (Å²) in [6.07, 6.45) is 11.2. The fourth-order valence-corrected chi connectivity index (χ4v) is 3.02. The molecule has 0 unspecified atom stereocenters. The Hall–Kier alpha value is 0.0500. The van der Waals surface area contributed by atoms with E-state index in [9.17, 15) is 0 Å². The van der Waals surface area contributed by atoms with Crippen molar-refractivity contribution in [2.24, 2.45) is 0 Å². The highest BCUT2D eigenvalue weighted by Crippen LogP contribution is 2.55. The van der Waals surface area contributed by atoms with Gasteiger partial charge in [0.25, 0.3) is 0 Å². The first kappa shape index (κ1) is 8.15. The van der Waals surface area contributed by atoms with Crippen molar-refractivity contribution in [2.45, 2.75) is 0 Å². The highest BCUT2D eigenvalue weighted by molar-refractivity contribution is 8.43. The predicted octanol–water partition coefficient (Wildman–Crippen LogP) is 2.99. The number of thioether (sulfide) groups is 1. The minimum Gasteiger partial charge on any atom is -0.264 e. The van der Waals surface area contributed by atoms with Crippen molar-refractivity contribution < 1.29 is 0 Å². The summed E-state index contributed by atoms with van der Waals surface area (Å²) in [5, 5.41) is 0. The van der Waals surface area contributed by atoms with E-state index in [0.29, 0.717) is 0 Å². The van der Waals surface area contributed by atoms with Crippen molar-refractivity contribution in [1.29, 1.82) is 0 Å². The van der Waals surface area contributed by atoms with E-state index in [1.807, 2.05) is 11.8 Å². The molecule has 0 saturated heterocycles. The third-order valence-electron chi connectivity index (χ3n) is 1.24. The van der Waals surface area contributed by atoms with E-state index in [2.05, 4.69) is 37.8 Å². The quantitative estimate of drug-likeness (QED) is 0.549. The van der Waals surface area contributed by atoms with Gasteiger partial charge in [-0.3, -0.25) is 10.0 Å². The van der Waals surface area contributed by atoms with E-state index in [0.717, 1.165) is 0 Å². The van der Waals surface area contributed by atoms with Crippen LogP contribution in [0.25, 0.3) is 0 Å². The Balaban J connectivity index is 2.69. The second kappa shape index (κ2) is 2.59. The molecule has 0 atom stereocenters. The molecule has 0 amide bonds. The molecule has 0 nitrogen and oxygen atoms in total. The largest absolute Gasteiger partial charge is 0.264 e. The molecule has 58 valence electrons. The van der Waals surface area contributed by atoms with E-state index < -0.39 is 10.0 Å². The lowest BCUT2D eigenvalue weighted by Crippen LogP contribution is -1.89. The Kier molecular flexibility index (Phi) is 2.11. The van der Waals surface area contributed by atoms with Crippen LogP contribution >= 0.6 is 21.8 Å². The Labute approximate surface area is 69.1 Å². The normalized spacial score (nSPS) is 20.3. The molecule has 1 heterocycles. The molecule has 10 heavy (non-hydrogen) atoms. The van der Waals surface area contributed by atoms with Gasteiger partial charge in [-0.25, -0.2) is 0 Å². The zero-order valence-electron chi connectivity index (χ0n) is 6.68. The van der Waals surface area contributed by atoms with Gasteiger partial charge in [0.05, 0.1) is 0 Å². The van der Waals surface area contributed by atoms with Crippen LogP contribution in [0.1, 0.15) is 0 Å². The first-order valence-electron chi connectivity index (χ1n) is 3.10. The van der Waals surface area contributed by atoms with Crippen molar-refractivity contribution in [3.8, 4) is 0 Å². The van der Waals surface area contributed by atoms with Crippen LogP contribution in [0.4, 0.5) is 0 Å². The zero-order chi connectivity index (χ0) is 7.78. The second-order valence-electron chi connectivity index (χ2n) is 3.06. The van der Waals surface area contributed by atoms with E-state index in [1.54, 1.807) is 0 Å². The fraction of sp³-hybridized carbons (Fsp3) is 0.375. The molecule has 1 aliphatic heterocycles. The molecule has 0 fully saturated rings. The molecule has 0 N–H and O–H groups in total. The molecule has 1 aliphatic rings. The minimum atomic E-state index is -0.503. The van der Waals surface area contributed by atoms with E-state index >= 15 is 0 Å². The average molecular weight is 173 g/mol. The number of rotatable bonds is 1. The van der Waals surface area contributed by atoms with Gasteiger partial charge in [0, 0.05) is 0 Å². The van der Waals surface area contributed by atoms with E-state index in [1.165, 1.54) is 9.14 Å². The predicted molar refractivity (Wildman–Crippen MR) is 54.5 cm³/mol. The smallest absolute Gasteiger partial charge is 0.0405 e. The summed E-state index contributed by atoms with van der Waals surface area (Å²) in [6, 6.07) is 0. The van der Waals surface area contributed by atoms with E-state index in [-0.39, 0.29) is 0 Å². The Morgan fingerprint density at radius 3 is 2.30 bits per heavy atom. The van der Waals surface area contributed by atoms with E-state index in [4.69, 9.17) is 0 Å². The molecular formula is C8H13S2-. The molecule has 0 bridgehead atoms. The van der Waals surface area contributed by atoms with Gasteiger partial charge in [-0.15, -0.1) is 4.91 Å². The van der Waals surface area contributed by atoms with Gasteiger partial charge in [-0.05, 0) is 18.8 Å². The summed E-state index contributed by atoms with van der Waals surface area (Å²) in [5.74, 6) is 0. The van der Waals surface area contributed by atoms with Crippen LogP contribution in [0.5, 0.6) is 0 Å². The summed E-state index contributed by atoms with van der Waals surface area (Å²) in [4.78, 5) is 1.18. The third kappa shape index (κ3) is 1.77. The summed E-state index contributed by atoms with van der Waals surface area (Å²) in [6.45, 7) is 3.89. The van der Waals surface area contributed by atoms with Gasteiger partial charge in [0.2, 0.25) is 0 Å². The van der Waals surface area contributed by atoms with Crippen LogP contribution in [0.3, 0.4) is 0 Å². The molecule has 0 radical (unpaired) electrons. The number of hydrogen-bond acceptors (Lipinski definition) is 1. The van der Waals surface area contributed by atoms with Crippen molar-refractivity contribution in [3.05, 3.63) is 28.2 Å². The van der Waals surface area contributed by atoms with Gasteiger partial charge in [-0.2, -0.15) is 30.8 Å². The first-order valence-corrected chi connectivity index (χ1v) is 6.78. The first-order chi connectivity index (χ1) is 4.50. The van der Waals surface area contributed by atoms with Crippen LogP contribution < -0.4 is 0 Å². The van der Waals surface area contributed by atoms with Crippen LogP contribution in [0.15, 0.2) is 21.8 Å². The SMILES string of the molecule is C=C1[CH-]C=C(S(C)(C)C)S1. The maximum absolute atomic E-state index is 3.89. The molecule has 0 spiro atoms. The zero-order valence-corrected chi connectivity index (χ0v) is 8.31. The topological polar surface area (TPSA) is 0 Å². The Bertz CT molecular complexity index is 184. The molecule has 2 heteroatoms. The van der Waals surface area contributed by atoms with Crippen molar-refractivity contribution in [1.82, 2.24) is 0 Å². The minimum absolute atomic E-state index is 0.503. The van der Waals surface area contributed by atoms with Crippen LogP contribution in [-0.2, 0) is 0 Å². The van der Waals surface area contributed by atoms with Gasteiger partial charge >= 0.3 is 0 Å². The Morgan fingerprint density at radius 1 is 1.50 bits per heavy atom. The molecule has 0 aromatic carbocycles. The lowest BCUT2D eigenvalue weighted by Gasteiger charge is -2.31. The van der Waals surface area contributed by atoms with Gasteiger partial charge in [0.1, 0.15) is 0 Å². The van der Waals surface area contributed by atoms with Crippen molar-refractivity contribution in [3.63, 3.8) is 0 Å². The molecule has 0 aliphatic carbocycles. The lowest BCUT2D eigenvalue weighted by atomic mass is 10.4. The lowest BCUT2D eigenvalue weighted by molar-refractivity contribution is 1.79. The monoisotopic (exact) mass is 173 g/mol. The third-order valence-corrected chi connectivity index (χ3v) is 5.07. The molecule has 0 aromatic heterocycles. The summed E-state index contributed by atoms with van der Waals surface area (Å²) >= 11 is 1.82. The molecular weight excluding hydrogens is 160 g/mol. The van der Waals surface area contributed by atoms with Crippen LogP contribution in [0, 0.1) is 6.42 Å². The molecule has 0 aromatic rings. The van der Waals surface area contributed by atoms with Crippen LogP contribution in [0.2, 0.25) is 0 Å². The Morgan fingerprint density at radius 2 is 2.10 bits per heavy atom. The highest BCUT2D eigenvalue weighted by atomic mass is 32.3. The van der Waals surface area contributed by atoms with Gasteiger partial charge in [-0.1, -0.05) is 4.24 Å². The fourth-order valence-electron chi connectivity index (χ4n) is 0.687. The standard InChI is InChI=1S/C8H13S2/c1-7-5-6-8(9-7)10(2,3)4/h5-6H,1H2,2-4H3/q-1. The number of hydrogen-bond donors (Lipinski definition) is 0. The van der Waals surface area contributed by atoms with Crippen LogP contribution in [-0.4, -0.2) is 18.8 Å². The van der Waals surface area contributed by atoms with Gasteiger partial charge in [0.15, 0.2) is 0 Å². The highest BCUT2D eigenvalue weighted by Gasteiger charge is 2.10. The summed E-state index contributed by atoms with van der Waals surface area (Å²) < 4.78 is 1.50. The summed E-state index contributed by atoms with van der Waals surface area (Å²) in [7, 11) is -0.503. The van der Waals surface area contributed by atoms with Crippen molar-refractivity contribution in [2.75, 3.05) is 18.8 Å². The average Bonchev–Trinajstić information content (AvgIpc) is 2.11. The maximum atomic E-state index is 3.89.